The Hall–Kier alpha value is -0.990. The minimum absolute atomic E-state index is 0.0282. The van der Waals surface area contributed by atoms with Crippen molar-refractivity contribution in [3.63, 3.8) is 0 Å². The monoisotopic (exact) mass is 413 g/mol. The third kappa shape index (κ3) is 4.38. The van der Waals surface area contributed by atoms with E-state index in [0.717, 1.165) is 25.0 Å². The van der Waals surface area contributed by atoms with Gasteiger partial charge < -0.3 is 9.64 Å². The molecule has 2 aliphatic rings. The molecule has 1 aliphatic heterocycles. The molecule has 1 aliphatic carbocycles. The number of rotatable bonds is 2. The number of hydrogen-bond acceptors (Lipinski definition) is 5. The maximum atomic E-state index is 12.8. The predicted octanol–water partition coefficient (Wildman–Crippen LogP) is 3.81. The van der Waals surface area contributed by atoms with Crippen molar-refractivity contribution in [2.45, 2.75) is 77.2 Å². The molecule has 2 heterocycles. The fraction of sp³-hybridized carbons (Fsp3) is 0.789. The molecule has 0 unspecified atom stereocenters. The van der Waals surface area contributed by atoms with Gasteiger partial charge in [0, 0.05) is 23.4 Å². The molecule has 1 fully saturated rings. The second-order valence-electron chi connectivity index (χ2n) is 9.60. The summed E-state index contributed by atoms with van der Waals surface area (Å²) in [6.45, 7) is 12.9. The van der Waals surface area contributed by atoms with Gasteiger partial charge in [0.25, 0.3) is 0 Å². The van der Waals surface area contributed by atoms with E-state index in [1.54, 1.807) is 16.2 Å². The molecule has 8 heteroatoms. The molecule has 0 saturated carbocycles. The van der Waals surface area contributed by atoms with Crippen LogP contribution in [0, 0.1) is 5.41 Å². The number of carbonyl (C=O) groups excluding carboxylic acids is 1. The normalized spacial score (nSPS) is 23.3. The van der Waals surface area contributed by atoms with Crippen molar-refractivity contribution in [3.8, 4) is 0 Å². The topological polar surface area (TPSA) is 71.5 Å². The Morgan fingerprint density at radius 3 is 2.48 bits per heavy atom. The number of amides is 1. The van der Waals surface area contributed by atoms with Crippen LogP contribution in [-0.2, 0) is 22.1 Å². The molecule has 1 aromatic heterocycles. The molecule has 152 valence electrons. The Morgan fingerprint density at radius 2 is 1.93 bits per heavy atom. The summed E-state index contributed by atoms with van der Waals surface area (Å²) in [5.74, 6) is 0. The molecular formula is C19H31N3O3S2. The first-order chi connectivity index (χ1) is 12.4. The number of nitrogens with zero attached hydrogens (tertiary/aromatic N) is 2. The number of thiazole rings is 1. The number of likely N-dealkylation sites (tertiary alicyclic amines) is 1. The average Bonchev–Trinajstić information content (AvgIpc) is 3.07. The van der Waals surface area contributed by atoms with Crippen LogP contribution < -0.4 is 4.72 Å². The second kappa shape index (κ2) is 7.12. The standard InChI is InChI=1S/C19H31N3O3S2/c1-17(2,3)25-16(23)22-9-7-19(8-10-22)11-13-14(20-12-26-13)15(19)21-27(24)18(4,5)6/h12,15,21H,7-11H2,1-6H3/t15-,27-/m1/s1. The molecule has 1 N–H and O–H groups in total. The summed E-state index contributed by atoms with van der Waals surface area (Å²) in [6, 6.07) is -0.0282. The van der Waals surface area contributed by atoms with Gasteiger partial charge in [-0.05, 0) is 60.8 Å². The summed E-state index contributed by atoms with van der Waals surface area (Å²) in [7, 11) is -1.17. The molecule has 0 radical (unpaired) electrons. The first kappa shape index (κ1) is 20.7. The smallest absolute Gasteiger partial charge is 0.410 e. The molecule has 1 saturated heterocycles. The summed E-state index contributed by atoms with van der Waals surface area (Å²) < 4.78 is 21.4. The van der Waals surface area contributed by atoms with Crippen molar-refractivity contribution in [3.05, 3.63) is 16.1 Å². The van der Waals surface area contributed by atoms with Crippen molar-refractivity contribution in [1.82, 2.24) is 14.6 Å². The lowest BCUT2D eigenvalue weighted by atomic mass is 9.74. The van der Waals surface area contributed by atoms with Gasteiger partial charge in [0.05, 0.1) is 33.0 Å². The van der Waals surface area contributed by atoms with E-state index in [1.807, 2.05) is 47.1 Å². The van der Waals surface area contributed by atoms with Crippen LogP contribution in [0.4, 0.5) is 4.79 Å². The summed E-state index contributed by atoms with van der Waals surface area (Å²) in [5.41, 5.74) is 2.40. The highest BCUT2D eigenvalue weighted by molar-refractivity contribution is 7.84. The van der Waals surface area contributed by atoms with Crippen molar-refractivity contribution in [2.24, 2.45) is 5.41 Å². The molecule has 27 heavy (non-hydrogen) atoms. The first-order valence-electron chi connectivity index (χ1n) is 9.50. The Morgan fingerprint density at radius 1 is 1.30 bits per heavy atom. The van der Waals surface area contributed by atoms with E-state index in [4.69, 9.17) is 4.74 Å². The zero-order valence-electron chi connectivity index (χ0n) is 17.1. The maximum Gasteiger partial charge on any atom is 0.410 e. The lowest BCUT2D eigenvalue weighted by molar-refractivity contribution is 0.00715. The number of nitrogens with one attached hydrogen (secondary N) is 1. The van der Waals surface area contributed by atoms with E-state index >= 15 is 0 Å². The Bertz CT molecular complexity index is 725. The Kier molecular flexibility index (Phi) is 5.47. The van der Waals surface area contributed by atoms with Crippen molar-refractivity contribution in [1.29, 1.82) is 0 Å². The van der Waals surface area contributed by atoms with Crippen LogP contribution in [0.25, 0.3) is 0 Å². The van der Waals surface area contributed by atoms with Gasteiger partial charge in [-0.2, -0.15) is 0 Å². The number of ether oxygens (including phenoxy) is 1. The number of piperidine rings is 1. The molecular weight excluding hydrogens is 382 g/mol. The first-order valence-corrected chi connectivity index (χ1v) is 11.5. The van der Waals surface area contributed by atoms with E-state index in [2.05, 4.69) is 9.71 Å². The van der Waals surface area contributed by atoms with Gasteiger partial charge in [-0.1, -0.05) is 0 Å². The summed E-state index contributed by atoms with van der Waals surface area (Å²) in [4.78, 5) is 20.1. The molecule has 1 aromatic rings. The fourth-order valence-electron chi connectivity index (χ4n) is 3.75. The number of hydrogen-bond donors (Lipinski definition) is 1. The van der Waals surface area contributed by atoms with Crippen LogP contribution in [-0.4, -0.2) is 43.6 Å². The quantitative estimate of drug-likeness (QED) is 0.800. The third-order valence-electron chi connectivity index (χ3n) is 5.26. The lowest BCUT2D eigenvalue weighted by Crippen LogP contribution is -2.50. The largest absolute Gasteiger partial charge is 0.444 e. The van der Waals surface area contributed by atoms with Gasteiger partial charge in [0.2, 0.25) is 0 Å². The molecule has 0 aromatic carbocycles. The van der Waals surface area contributed by atoms with Gasteiger partial charge >= 0.3 is 6.09 Å². The zero-order valence-corrected chi connectivity index (χ0v) is 18.8. The van der Waals surface area contributed by atoms with Crippen molar-refractivity contribution >= 4 is 28.4 Å². The van der Waals surface area contributed by atoms with Gasteiger partial charge in [-0.25, -0.2) is 18.7 Å². The van der Waals surface area contributed by atoms with Gasteiger partial charge in [-0.3, -0.25) is 0 Å². The molecule has 2 atom stereocenters. The summed E-state index contributed by atoms with van der Waals surface area (Å²) in [6.07, 6.45) is 2.41. The van der Waals surface area contributed by atoms with Crippen molar-refractivity contribution in [2.75, 3.05) is 13.1 Å². The Labute approximate surface area is 168 Å². The highest BCUT2D eigenvalue weighted by atomic mass is 32.2. The highest BCUT2D eigenvalue weighted by Gasteiger charge is 2.51. The Balaban J connectivity index is 1.74. The number of carbonyl (C=O) groups is 1. The maximum absolute atomic E-state index is 12.8. The van der Waals surface area contributed by atoms with Crippen LogP contribution in [0.15, 0.2) is 5.51 Å². The van der Waals surface area contributed by atoms with E-state index in [9.17, 15) is 9.00 Å². The number of fused-ring (bicyclic) bond motifs is 1. The van der Waals surface area contributed by atoms with E-state index in [-0.39, 0.29) is 22.3 Å². The minimum Gasteiger partial charge on any atom is -0.444 e. The fourth-order valence-corrected chi connectivity index (χ4v) is 5.63. The van der Waals surface area contributed by atoms with Gasteiger partial charge in [0.15, 0.2) is 0 Å². The van der Waals surface area contributed by atoms with Crippen LogP contribution in [0.1, 0.15) is 71.0 Å². The summed E-state index contributed by atoms with van der Waals surface area (Å²) in [5, 5.41) is 0. The lowest BCUT2D eigenvalue weighted by Gasteiger charge is -2.43. The molecule has 0 bridgehead atoms. The SMILES string of the molecule is CC(C)(C)OC(=O)N1CCC2(CC1)Cc1scnc1[C@H]2N[S@](=O)C(C)(C)C. The van der Waals surface area contributed by atoms with Crippen LogP contribution >= 0.6 is 11.3 Å². The van der Waals surface area contributed by atoms with Gasteiger partial charge in [-0.15, -0.1) is 11.3 Å². The van der Waals surface area contributed by atoms with Crippen LogP contribution in [0.5, 0.6) is 0 Å². The second-order valence-corrected chi connectivity index (χ2v) is 12.5. The van der Waals surface area contributed by atoms with Crippen molar-refractivity contribution < 1.29 is 13.7 Å². The number of aromatic nitrogens is 1. The highest BCUT2D eigenvalue weighted by Crippen LogP contribution is 2.53. The molecule has 6 nitrogen and oxygen atoms in total. The molecule has 1 amide bonds. The third-order valence-corrected chi connectivity index (χ3v) is 7.67. The van der Waals surface area contributed by atoms with Crippen LogP contribution in [0.2, 0.25) is 0 Å². The van der Waals surface area contributed by atoms with E-state index in [0.29, 0.717) is 13.1 Å². The van der Waals surface area contributed by atoms with E-state index < -0.39 is 16.6 Å². The molecule has 3 rings (SSSR count). The van der Waals surface area contributed by atoms with E-state index in [1.165, 1.54) is 4.88 Å². The molecule has 1 spiro atoms. The zero-order chi connectivity index (χ0) is 20.0. The summed E-state index contributed by atoms with van der Waals surface area (Å²) >= 11 is 1.68. The van der Waals surface area contributed by atoms with Gasteiger partial charge in [0.1, 0.15) is 5.60 Å². The average molecular weight is 414 g/mol. The minimum atomic E-state index is -1.17. The van der Waals surface area contributed by atoms with Crippen LogP contribution in [0.3, 0.4) is 0 Å². The predicted molar refractivity (Wildman–Crippen MR) is 109 cm³/mol.